The Kier molecular flexibility index (Phi) is 16.4. The highest BCUT2D eigenvalue weighted by Crippen LogP contribution is 2.29. The second-order valence-electron chi connectivity index (χ2n) is 14.4. The Balaban J connectivity index is 1.31. The van der Waals surface area contributed by atoms with Crippen LogP contribution >= 0.6 is 0 Å². The van der Waals surface area contributed by atoms with Crippen LogP contribution in [0.5, 0.6) is 0 Å². The third-order valence-corrected chi connectivity index (χ3v) is 11.2. The molecule has 0 atom stereocenters. The van der Waals surface area contributed by atoms with Gasteiger partial charge >= 0.3 is 0 Å². The van der Waals surface area contributed by atoms with Gasteiger partial charge in [-0.3, -0.25) is 9.59 Å². The Morgan fingerprint density at radius 1 is 0.515 bits per heavy atom. The van der Waals surface area contributed by atoms with Gasteiger partial charge in [-0.2, -0.15) is 29.9 Å². The zero-order chi connectivity index (χ0) is 48.8. The molecule has 2 heterocycles. The summed E-state index contributed by atoms with van der Waals surface area (Å²) in [5.74, 6) is -1.39. The molecule has 6 aromatic rings. The molecule has 0 saturated heterocycles. The maximum Gasteiger partial charge on any atom is 0.233 e. The standard InChI is InChI=1S/C42H46N14O10S2/c43-35(59)17-19-55(21-23-57)41-51-37(45-29-7-3-1-4-8-29)49-39(53-41)47-31-15-13-27(33(25-31)67(61,62)63)11-12-28-14-16-32(26-34(28)68(64,65)66)48-40-50-38(46-30-9-5-2-6-10-30)52-42(54-40)56(22-24-58)20-18-36(44)60/h1-16,25-26,57-58H,17-24H2,(H2,43,59)(H2,44,60)(H,61,62,63)(H,64,65,66)(H2,45,47,49,51,53)(H2,46,48,50,52,54)/p-2. The lowest BCUT2D eigenvalue weighted by Crippen LogP contribution is -2.32. The third kappa shape index (κ3) is 14.3. The van der Waals surface area contributed by atoms with Crippen molar-refractivity contribution in [1.29, 1.82) is 0 Å². The molecular formula is C42H44N14O10S2-2. The number of aromatic nitrogens is 6. The van der Waals surface area contributed by atoms with Crippen molar-refractivity contribution in [3.05, 3.63) is 108 Å². The van der Waals surface area contributed by atoms with Crippen LogP contribution in [0.2, 0.25) is 0 Å². The molecule has 0 saturated carbocycles. The number of anilines is 10. The predicted molar refractivity (Wildman–Crippen MR) is 250 cm³/mol. The number of amides is 2. The summed E-state index contributed by atoms with van der Waals surface area (Å²) in [6.07, 6.45) is 2.09. The predicted octanol–water partition coefficient (Wildman–Crippen LogP) is 2.36. The Morgan fingerprint density at radius 3 is 1.16 bits per heavy atom. The normalized spacial score (nSPS) is 11.5. The molecule has 356 valence electrons. The fourth-order valence-electron chi connectivity index (χ4n) is 6.26. The minimum absolute atomic E-state index is 0.00917. The molecule has 0 aliphatic rings. The van der Waals surface area contributed by atoms with E-state index in [0.717, 1.165) is 24.3 Å². The molecule has 0 fully saturated rings. The maximum absolute atomic E-state index is 12.7. The summed E-state index contributed by atoms with van der Waals surface area (Å²) in [5.41, 5.74) is 11.6. The number of nitrogens with one attached hydrogen (secondary N) is 4. The van der Waals surface area contributed by atoms with Crippen molar-refractivity contribution in [2.45, 2.75) is 22.6 Å². The first-order chi connectivity index (χ1) is 32.5. The molecule has 0 radical (unpaired) electrons. The van der Waals surface area contributed by atoms with E-state index >= 15 is 0 Å². The Hall–Kier alpha value is -7.88. The average molecular weight is 969 g/mol. The lowest BCUT2D eigenvalue weighted by molar-refractivity contribution is -0.118. The summed E-state index contributed by atoms with van der Waals surface area (Å²) in [7, 11) is -10.4. The van der Waals surface area contributed by atoms with Crippen LogP contribution in [-0.4, -0.2) is 117 Å². The highest BCUT2D eigenvalue weighted by Gasteiger charge is 2.19. The van der Waals surface area contributed by atoms with Gasteiger partial charge in [0.15, 0.2) is 0 Å². The quantitative estimate of drug-likeness (QED) is 0.0319. The van der Waals surface area contributed by atoms with Gasteiger partial charge in [-0.1, -0.05) is 60.7 Å². The molecule has 24 nitrogen and oxygen atoms in total. The van der Waals surface area contributed by atoms with Gasteiger partial charge in [0.05, 0.1) is 23.0 Å². The second-order valence-corrected chi connectivity index (χ2v) is 17.1. The third-order valence-electron chi connectivity index (χ3n) is 9.39. The lowest BCUT2D eigenvalue weighted by atomic mass is 10.1. The number of benzene rings is 4. The van der Waals surface area contributed by atoms with Gasteiger partial charge in [-0.05, 0) is 59.7 Å². The van der Waals surface area contributed by atoms with E-state index < -0.39 is 41.8 Å². The number of hydrogen-bond donors (Lipinski definition) is 8. The number of hydrogen-bond acceptors (Lipinski definition) is 22. The van der Waals surface area contributed by atoms with Crippen molar-refractivity contribution in [3.8, 4) is 0 Å². The summed E-state index contributed by atoms with van der Waals surface area (Å²) < 4.78 is 76.0. The van der Waals surface area contributed by atoms with E-state index in [2.05, 4.69) is 51.2 Å². The van der Waals surface area contributed by atoms with Gasteiger partial charge < -0.3 is 61.9 Å². The zero-order valence-electron chi connectivity index (χ0n) is 35.8. The molecule has 2 amide bonds. The number of rotatable bonds is 24. The van der Waals surface area contributed by atoms with Gasteiger partial charge in [0.25, 0.3) is 0 Å². The van der Waals surface area contributed by atoms with Gasteiger partial charge in [0, 0.05) is 61.8 Å². The first-order valence-corrected chi connectivity index (χ1v) is 23.2. The first kappa shape index (κ1) is 49.6. The lowest BCUT2D eigenvalue weighted by Gasteiger charge is -2.22. The van der Waals surface area contributed by atoms with Crippen molar-refractivity contribution >= 4 is 103 Å². The number of aliphatic hydroxyl groups excluding tert-OH is 2. The summed E-state index contributed by atoms with van der Waals surface area (Å²) in [5, 5.41) is 31.2. The minimum Gasteiger partial charge on any atom is -0.744 e. The molecule has 0 aliphatic heterocycles. The topological polar surface area (TPSA) is 373 Å². The SMILES string of the molecule is NC(=O)CCN(CCO)c1nc(Nc2ccccc2)nc(Nc2ccc(C=Cc3ccc(Nc4nc(Nc5ccccc5)nc(N(CCO)CCC(N)=O)n4)cc3S(=O)(=O)[O-])c(S(=O)(=O)[O-])c2)n1. The Bertz CT molecular complexity index is 2790. The number of nitrogens with zero attached hydrogens (tertiary/aromatic N) is 8. The van der Waals surface area contributed by atoms with Crippen molar-refractivity contribution in [3.63, 3.8) is 0 Å². The van der Waals surface area contributed by atoms with Crippen LogP contribution in [0.15, 0.2) is 107 Å². The number of aliphatic hydroxyl groups is 2. The van der Waals surface area contributed by atoms with Gasteiger partial charge in [0.2, 0.25) is 47.5 Å². The molecule has 2 aromatic heterocycles. The molecule has 6 rings (SSSR count). The number of para-hydroxylation sites is 2. The number of primary amides is 2. The first-order valence-electron chi connectivity index (χ1n) is 20.3. The molecule has 0 spiro atoms. The second kappa shape index (κ2) is 22.5. The summed E-state index contributed by atoms with van der Waals surface area (Å²) >= 11 is 0. The van der Waals surface area contributed by atoms with Gasteiger partial charge in [-0.15, -0.1) is 0 Å². The van der Waals surface area contributed by atoms with E-state index in [9.17, 15) is 45.7 Å². The number of carbonyl (C=O) groups excluding carboxylic acids is 2. The van der Waals surface area contributed by atoms with E-state index in [1.807, 2.05) is 0 Å². The minimum atomic E-state index is -5.21. The molecule has 4 aromatic carbocycles. The van der Waals surface area contributed by atoms with Crippen LogP contribution in [0.4, 0.5) is 58.4 Å². The fourth-order valence-corrected chi connectivity index (χ4v) is 7.65. The van der Waals surface area contributed by atoms with E-state index in [4.69, 9.17) is 11.5 Å². The summed E-state index contributed by atoms with van der Waals surface area (Å²) in [4.78, 5) is 51.1. The van der Waals surface area contributed by atoms with E-state index in [-0.39, 0.29) is 110 Å². The van der Waals surface area contributed by atoms with Crippen LogP contribution in [0.3, 0.4) is 0 Å². The highest BCUT2D eigenvalue weighted by molar-refractivity contribution is 7.86. The smallest absolute Gasteiger partial charge is 0.233 e. The molecule has 0 unspecified atom stereocenters. The molecule has 26 heteroatoms. The maximum atomic E-state index is 12.7. The van der Waals surface area contributed by atoms with E-state index in [1.54, 1.807) is 60.7 Å². The number of carbonyl (C=O) groups is 2. The van der Waals surface area contributed by atoms with Crippen LogP contribution in [-0.2, 0) is 29.8 Å². The van der Waals surface area contributed by atoms with Crippen LogP contribution in [0.25, 0.3) is 12.2 Å². The molecule has 0 bridgehead atoms. The Labute approximate surface area is 389 Å². The largest absolute Gasteiger partial charge is 0.744 e. The summed E-state index contributed by atoms with van der Waals surface area (Å²) in [6.45, 7) is -0.568. The van der Waals surface area contributed by atoms with Crippen molar-refractivity contribution in [2.24, 2.45) is 11.5 Å². The van der Waals surface area contributed by atoms with E-state index in [0.29, 0.717) is 11.4 Å². The summed E-state index contributed by atoms with van der Waals surface area (Å²) in [6, 6.07) is 24.9. The van der Waals surface area contributed by atoms with Crippen molar-refractivity contribution < 1.29 is 45.7 Å². The van der Waals surface area contributed by atoms with E-state index in [1.165, 1.54) is 34.1 Å². The molecule has 0 aliphatic carbocycles. The van der Waals surface area contributed by atoms with Crippen LogP contribution in [0.1, 0.15) is 24.0 Å². The van der Waals surface area contributed by atoms with Crippen molar-refractivity contribution in [1.82, 2.24) is 29.9 Å². The van der Waals surface area contributed by atoms with Gasteiger partial charge in [0.1, 0.15) is 20.2 Å². The average Bonchev–Trinajstić information content (AvgIpc) is 3.28. The molecule has 68 heavy (non-hydrogen) atoms. The fraction of sp³-hybridized carbons (Fsp3) is 0.190. The van der Waals surface area contributed by atoms with Gasteiger partial charge in [-0.25, -0.2) is 16.8 Å². The van der Waals surface area contributed by atoms with Crippen LogP contribution < -0.4 is 42.5 Å². The molecule has 10 N–H and O–H groups in total. The monoisotopic (exact) mass is 968 g/mol. The Morgan fingerprint density at radius 2 is 0.853 bits per heavy atom. The number of nitrogens with two attached hydrogens (primary N) is 2. The zero-order valence-corrected chi connectivity index (χ0v) is 37.4. The molecular weight excluding hydrogens is 925 g/mol. The van der Waals surface area contributed by atoms with Crippen molar-refractivity contribution in [2.75, 3.05) is 70.5 Å². The highest BCUT2D eigenvalue weighted by atomic mass is 32.2. The van der Waals surface area contributed by atoms with Crippen LogP contribution in [0, 0.1) is 0 Å².